The Bertz CT molecular complexity index is 1100. The van der Waals surface area contributed by atoms with Gasteiger partial charge in [0.15, 0.2) is 18.1 Å². The van der Waals surface area contributed by atoms with Gasteiger partial charge in [-0.3, -0.25) is 24.1 Å². The van der Waals surface area contributed by atoms with E-state index in [2.05, 4.69) is 5.32 Å². The fourth-order valence-electron chi connectivity index (χ4n) is 2.74. The van der Waals surface area contributed by atoms with Gasteiger partial charge in [0.05, 0.1) is 15.6 Å². The van der Waals surface area contributed by atoms with Crippen LogP contribution in [0.2, 0.25) is 0 Å². The first-order valence-electron chi connectivity index (χ1n) is 9.11. The zero-order valence-electron chi connectivity index (χ0n) is 16.7. The number of carbonyl (C=O) groups is 4. The van der Waals surface area contributed by atoms with E-state index in [4.69, 9.17) is 14.6 Å². The highest BCUT2D eigenvalue weighted by Gasteiger charge is 2.36. The lowest BCUT2D eigenvalue weighted by Crippen LogP contribution is -2.33. The quantitative estimate of drug-likeness (QED) is 0.367. The summed E-state index contributed by atoms with van der Waals surface area (Å²) in [6.45, 7) is -0.935. The van der Waals surface area contributed by atoms with E-state index in [0.29, 0.717) is 43.0 Å². The summed E-state index contributed by atoms with van der Waals surface area (Å²) in [4.78, 5) is 48.1. The van der Waals surface area contributed by atoms with Crippen molar-refractivity contribution >= 4 is 69.1 Å². The molecule has 2 N–H and O–H groups in total. The number of para-hydroxylation sites is 1. The van der Waals surface area contributed by atoms with Crippen LogP contribution in [0, 0.1) is 3.57 Å². The Morgan fingerprint density at radius 3 is 2.59 bits per heavy atom. The number of methoxy groups -OCH3 is 1. The molecule has 32 heavy (non-hydrogen) atoms. The molecular formula is C21H17IN2O7S. The lowest BCUT2D eigenvalue weighted by molar-refractivity contribution is -0.140. The van der Waals surface area contributed by atoms with Crippen molar-refractivity contribution in [2.75, 3.05) is 25.6 Å². The summed E-state index contributed by atoms with van der Waals surface area (Å²) in [7, 11) is 1.44. The normalized spacial score (nSPS) is 14.6. The van der Waals surface area contributed by atoms with E-state index in [1.54, 1.807) is 36.4 Å². The molecule has 3 rings (SSSR count). The average molecular weight is 568 g/mol. The maximum absolute atomic E-state index is 12.3. The number of rotatable bonds is 8. The van der Waals surface area contributed by atoms with Crippen LogP contribution in [0.1, 0.15) is 5.56 Å². The van der Waals surface area contributed by atoms with Gasteiger partial charge in [-0.15, -0.1) is 0 Å². The number of carboxylic acid groups (broad SMARTS) is 1. The molecule has 0 saturated carbocycles. The Labute approximate surface area is 200 Å². The summed E-state index contributed by atoms with van der Waals surface area (Å²) in [6.07, 6.45) is 1.48. The molecule has 2 aromatic carbocycles. The van der Waals surface area contributed by atoms with Crippen molar-refractivity contribution in [3.63, 3.8) is 0 Å². The summed E-state index contributed by atoms with van der Waals surface area (Å²) in [5.41, 5.74) is 1.20. The van der Waals surface area contributed by atoms with Crippen LogP contribution in [0.4, 0.5) is 10.5 Å². The molecule has 0 bridgehead atoms. The number of anilines is 1. The SMILES string of the molecule is COc1cc(/C=C2/SC(=O)N(CC(=O)O)C2=O)cc(I)c1OCC(=O)Nc1ccccc1. The lowest BCUT2D eigenvalue weighted by Gasteiger charge is -2.14. The predicted octanol–water partition coefficient (Wildman–Crippen LogP) is 3.44. The van der Waals surface area contributed by atoms with Crippen molar-refractivity contribution in [3.05, 3.63) is 56.5 Å². The summed E-state index contributed by atoms with van der Waals surface area (Å²) >= 11 is 2.67. The number of hydrogen-bond donors (Lipinski definition) is 2. The molecule has 1 heterocycles. The lowest BCUT2D eigenvalue weighted by atomic mass is 10.2. The molecule has 1 aliphatic rings. The number of hydrogen-bond acceptors (Lipinski definition) is 7. The molecule has 9 nitrogen and oxygen atoms in total. The largest absolute Gasteiger partial charge is 0.493 e. The molecule has 166 valence electrons. The van der Waals surface area contributed by atoms with Crippen molar-refractivity contribution in [2.45, 2.75) is 0 Å². The van der Waals surface area contributed by atoms with Crippen LogP contribution < -0.4 is 14.8 Å². The van der Waals surface area contributed by atoms with Gasteiger partial charge in [0.25, 0.3) is 17.1 Å². The first-order chi connectivity index (χ1) is 15.3. The Kier molecular flexibility index (Phi) is 7.75. The molecular weight excluding hydrogens is 551 g/mol. The number of benzene rings is 2. The second-order valence-electron chi connectivity index (χ2n) is 6.40. The van der Waals surface area contributed by atoms with E-state index in [0.717, 1.165) is 0 Å². The van der Waals surface area contributed by atoms with Gasteiger partial charge in [-0.25, -0.2) is 0 Å². The van der Waals surface area contributed by atoms with E-state index in [1.165, 1.54) is 13.2 Å². The Balaban J connectivity index is 1.74. The van der Waals surface area contributed by atoms with Crippen molar-refractivity contribution in [3.8, 4) is 11.5 Å². The van der Waals surface area contributed by atoms with Crippen molar-refractivity contribution in [2.24, 2.45) is 0 Å². The molecule has 2 aromatic rings. The Hall–Kier alpha value is -3.06. The van der Waals surface area contributed by atoms with Gasteiger partial charge in [-0.05, 0) is 70.3 Å². The number of carbonyl (C=O) groups excluding carboxylic acids is 3. The van der Waals surface area contributed by atoms with Gasteiger partial charge in [0.2, 0.25) is 0 Å². The zero-order valence-corrected chi connectivity index (χ0v) is 19.6. The number of ether oxygens (including phenoxy) is 2. The van der Waals surface area contributed by atoms with Crippen LogP contribution in [-0.2, 0) is 14.4 Å². The van der Waals surface area contributed by atoms with E-state index in [9.17, 15) is 19.2 Å². The van der Waals surface area contributed by atoms with E-state index in [-0.39, 0.29) is 17.4 Å². The topological polar surface area (TPSA) is 122 Å². The highest BCUT2D eigenvalue weighted by Crippen LogP contribution is 2.37. The predicted molar refractivity (Wildman–Crippen MR) is 127 cm³/mol. The van der Waals surface area contributed by atoms with Gasteiger partial charge in [0, 0.05) is 5.69 Å². The minimum atomic E-state index is -1.28. The molecule has 0 aliphatic carbocycles. The van der Waals surface area contributed by atoms with Gasteiger partial charge in [-0.2, -0.15) is 0 Å². The standard InChI is InChI=1S/C21H17IN2O7S/c1-30-15-8-12(9-16-20(28)24(10-18(26)27)21(29)32-16)7-14(22)19(15)31-11-17(25)23-13-5-3-2-4-6-13/h2-9H,10-11H2,1H3,(H,23,25)(H,26,27)/b16-9+. The minimum absolute atomic E-state index is 0.102. The highest BCUT2D eigenvalue weighted by molar-refractivity contribution is 14.1. The fraction of sp³-hybridized carbons (Fsp3) is 0.143. The third kappa shape index (κ3) is 5.79. The Morgan fingerprint density at radius 1 is 1.22 bits per heavy atom. The summed E-state index contributed by atoms with van der Waals surface area (Å²) < 4.78 is 11.6. The average Bonchev–Trinajstić information content (AvgIpc) is 3.00. The van der Waals surface area contributed by atoms with Crippen LogP contribution >= 0.6 is 34.4 Å². The Morgan fingerprint density at radius 2 is 1.94 bits per heavy atom. The number of nitrogens with zero attached hydrogens (tertiary/aromatic N) is 1. The van der Waals surface area contributed by atoms with Crippen molar-refractivity contribution in [1.29, 1.82) is 0 Å². The summed E-state index contributed by atoms with van der Waals surface area (Å²) in [6, 6.07) is 12.3. The maximum Gasteiger partial charge on any atom is 0.323 e. The van der Waals surface area contributed by atoms with Gasteiger partial charge >= 0.3 is 5.97 Å². The number of aliphatic carboxylic acids is 1. The first kappa shape index (κ1) is 23.6. The molecule has 0 radical (unpaired) electrons. The van der Waals surface area contributed by atoms with Crippen LogP contribution in [-0.4, -0.2) is 53.3 Å². The molecule has 0 atom stereocenters. The monoisotopic (exact) mass is 568 g/mol. The zero-order chi connectivity index (χ0) is 23.3. The summed E-state index contributed by atoms with van der Waals surface area (Å²) in [5, 5.41) is 10.9. The molecule has 1 aliphatic heterocycles. The van der Waals surface area contributed by atoms with Crippen LogP contribution in [0.25, 0.3) is 6.08 Å². The number of carboxylic acids is 1. The maximum atomic E-state index is 12.3. The molecule has 0 aromatic heterocycles. The number of imide groups is 1. The van der Waals surface area contributed by atoms with Gasteiger partial charge in [-0.1, -0.05) is 18.2 Å². The molecule has 3 amide bonds. The second kappa shape index (κ2) is 10.5. The third-order valence-corrected chi connectivity index (χ3v) is 5.83. The molecule has 0 spiro atoms. The highest BCUT2D eigenvalue weighted by atomic mass is 127. The number of amides is 3. The van der Waals surface area contributed by atoms with Crippen molar-refractivity contribution in [1.82, 2.24) is 4.90 Å². The van der Waals surface area contributed by atoms with Crippen LogP contribution in [0.3, 0.4) is 0 Å². The second-order valence-corrected chi connectivity index (χ2v) is 8.55. The first-order valence-corrected chi connectivity index (χ1v) is 11.0. The number of halogens is 1. The third-order valence-electron chi connectivity index (χ3n) is 4.12. The van der Waals surface area contributed by atoms with Crippen LogP contribution in [0.15, 0.2) is 47.4 Å². The minimum Gasteiger partial charge on any atom is -0.493 e. The molecule has 1 fully saturated rings. The van der Waals surface area contributed by atoms with Gasteiger partial charge in [0.1, 0.15) is 6.54 Å². The summed E-state index contributed by atoms with van der Waals surface area (Å²) in [5.74, 6) is -1.60. The van der Waals surface area contributed by atoms with E-state index < -0.39 is 23.7 Å². The van der Waals surface area contributed by atoms with E-state index >= 15 is 0 Å². The number of nitrogens with one attached hydrogen (secondary N) is 1. The van der Waals surface area contributed by atoms with E-state index in [1.807, 2.05) is 28.7 Å². The van der Waals surface area contributed by atoms with Crippen molar-refractivity contribution < 1.29 is 33.8 Å². The smallest absolute Gasteiger partial charge is 0.323 e. The number of thioether (sulfide) groups is 1. The molecule has 11 heteroatoms. The molecule has 0 unspecified atom stereocenters. The van der Waals surface area contributed by atoms with Gasteiger partial charge < -0.3 is 19.9 Å². The van der Waals surface area contributed by atoms with Crippen LogP contribution in [0.5, 0.6) is 11.5 Å². The molecule has 1 saturated heterocycles. The fourth-order valence-corrected chi connectivity index (χ4v) is 4.36.